The zero-order valence-electron chi connectivity index (χ0n) is 13.5. The molecular formula is C17H18O7. The molecule has 3 rings (SSSR count). The van der Waals surface area contributed by atoms with Gasteiger partial charge in [-0.15, -0.1) is 0 Å². The third-order valence-electron chi connectivity index (χ3n) is 4.39. The summed E-state index contributed by atoms with van der Waals surface area (Å²) in [6.45, 7) is 4.03. The minimum atomic E-state index is -1.58. The Morgan fingerprint density at radius 2 is 1.83 bits per heavy atom. The average Bonchev–Trinajstić information content (AvgIpc) is 3.08. The van der Waals surface area contributed by atoms with Crippen LogP contribution < -0.4 is 9.47 Å². The molecule has 0 aliphatic carbocycles. The minimum Gasteiger partial charge on any atom is -0.468 e. The van der Waals surface area contributed by atoms with Crippen molar-refractivity contribution in [2.24, 2.45) is 5.41 Å². The topological polar surface area (TPSA) is 80.3 Å². The van der Waals surface area contributed by atoms with E-state index in [1.54, 1.807) is 12.1 Å². The van der Waals surface area contributed by atoms with Crippen molar-refractivity contribution in [3.05, 3.63) is 35.9 Å². The Morgan fingerprint density at radius 3 is 2.50 bits per heavy atom. The predicted molar refractivity (Wildman–Crippen MR) is 81.5 cm³/mol. The van der Waals surface area contributed by atoms with Gasteiger partial charge >= 0.3 is 11.9 Å². The monoisotopic (exact) mass is 334 g/mol. The summed E-state index contributed by atoms with van der Waals surface area (Å²) in [4.78, 5) is 24.8. The van der Waals surface area contributed by atoms with Crippen LogP contribution in [0.1, 0.15) is 18.1 Å². The standard InChI is InChI=1S/C17H18O7/c1-10-8-22-14(7-17(10,15(18)20-2)16(19)21-3)11-4-5-12-13(6-11)24-9-23-12/h4-6,14H,1,7-9H2,2-3H3. The van der Waals surface area contributed by atoms with Gasteiger partial charge in [0.2, 0.25) is 6.79 Å². The van der Waals surface area contributed by atoms with Gasteiger partial charge in [-0.2, -0.15) is 0 Å². The molecule has 1 atom stereocenters. The summed E-state index contributed by atoms with van der Waals surface area (Å²) in [7, 11) is 2.46. The normalized spacial score (nSPS) is 21.2. The first kappa shape index (κ1) is 16.3. The molecule has 2 aliphatic rings. The molecule has 2 aliphatic heterocycles. The van der Waals surface area contributed by atoms with Gasteiger partial charge in [0.1, 0.15) is 0 Å². The van der Waals surface area contributed by atoms with Crippen molar-refractivity contribution in [3.63, 3.8) is 0 Å². The van der Waals surface area contributed by atoms with Crippen LogP contribution in [0.4, 0.5) is 0 Å². The van der Waals surface area contributed by atoms with Crippen LogP contribution in [0.2, 0.25) is 0 Å². The number of benzene rings is 1. The molecule has 0 aromatic heterocycles. The number of hydrogen-bond acceptors (Lipinski definition) is 7. The number of ether oxygens (including phenoxy) is 5. The van der Waals surface area contributed by atoms with Gasteiger partial charge in [-0.3, -0.25) is 9.59 Å². The van der Waals surface area contributed by atoms with Gasteiger partial charge in [-0.1, -0.05) is 12.6 Å². The SMILES string of the molecule is C=C1COC(c2ccc3c(c2)OCO3)CC1(C(=O)OC)C(=O)OC. The van der Waals surface area contributed by atoms with Crippen molar-refractivity contribution < 1.29 is 33.3 Å². The molecule has 7 nitrogen and oxygen atoms in total. The fraction of sp³-hybridized carbons (Fsp3) is 0.412. The molecule has 0 spiro atoms. The Balaban J connectivity index is 1.96. The molecule has 1 aromatic rings. The molecule has 0 radical (unpaired) electrons. The van der Waals surface area contributed by atoms with E-state index in [1.165, 1.54) is 14.2 Å². The highest BCUT2D eigenvalue weighted by Crippen LogP contribution is 2.46. The lowest BCUT2D eigenvalue weighted by Gasteiger charge is -2.38. The first-order valence-corrected chi connectivity index (χ1v) is 7.39. The summed E-state index contributed by atoms with van der Waals surface area (Å²) in [6.07, 6.45) is -0.464. The molecule has 0 N–H and O–H groups in total. The lowest BCUT2D eigenvalue weighted by molar-refractivity contribution is -0.172. The molecule has 0 saturated carbocycles. The maximum atomic E-state index is 12.4. The highest BCUT2D eigenvalue weighted by molar-refractivity contribution is 6.03. The van der Waals surface area contributed by atoms with E-state index in [9.17, 15) is 9.59 Å². The van der Waals surface area contributed by atoms with E-state index >= 15 is 0 Å². The summed E-state index contributed by atoms with van der Waals surface area (Å²) in [5.74, 6) is -0.157. The lowest BCUT2D eigenvalue weighted by Crippen LogP contribution is -2.47. The van der Waals surface area contributed by atoms with Gasteiger partial charge < -0.3 is 23.7 Å². The zero-order chi connectivity index (χ0) is 17.3. The Kier molecular flexibility index (Phi) is 4.19. The van der Waals surface area contributed by atoms with Crippen LogP contribution in [0, 0.1) is 5.41 Å². The number of fused-ring (bicyclic) bond motifs is 1. The van der Waals surface area contributed by atoms with E-state index < -0.39 is 23.5 Å². The number of esters is 2. The molecule has 0 bridgehead atoms. The Bertz CT molecular complexity index is 664. The van der Waals surface area contributed by atoms with Crippen molar-refractivity contribution in [3.8, 4) is 11.5 Å². The fourth-order valence-corrected chi connectivity index (χ4v) is 3.02. The second-order valence-corrected chi connectivity index (χ2v) is 5.61. The molecule has 1 saturated heterocycles. The Morgan fingerprint density at radius 1 is 1.17 bits per heavy atom. The smallest absolute Gasteiger partial charge is 0.327 e. The molecule has 1 fully saturated rings. The summed E-state index contributed by atoms with van der Waals surface area (Å²) in [6, 6.07) is 5.36. The van der Waals surface area contributed by atoms with Crippen LogP contribution in [0.15, 0.2) is 30.4 Å². The van der Waals surface area contributed by atoms with Crippen molar-refractivity contribution in [1.29, 1.82) is 0 Å². The van der Waals surface area contributed by atoms with Gasteiger partial charge in [0.05, 0.1) is 26.9 Å². The third-order valence-corrected chi connectivity index (χ3v) is 4.39. The molecule has 1 aromatic carbocycles. The summed E-state index contributed by atoms with van der Waals surface area (Å²) >= 11 is 0. The fourth-order valence-electron chi connectivity index (χ4n) is 3.02. The number of hydrogen-bond donors (Lipinski definition) is 0. The quantitative estimate of drug-likeness (QED) is 0.473. The number of carbonyl (C=O) groups excluding carboxylic acids is 2. The number of methoxy groups -OCH3 is 2. The average molecular weight is 334 g/mol. The van der Waals surface area contributed by atoms with Crippen LogP contribution in [0.3, 0.4) is 0 Å². The van der Waals surface area contributed by atoms with Crippen LogP contribution >= 0.6 is 0 Å². The van der Waals surface area contributed by atoms with Crippen LogP contribution in [-0.2, 0) is 23.8 Å². The van der Waals surface area contributed by atoms with E-state index in [0.717, 1.165) is 5.56 Å². The van der Waals surface area contributed by atoms with E-state index in [-0.39, 0.29) is 19.8 Å². The van der Waals surface area contributed by atoms with Crippen molar-refractivity contribution in [1.82, 2.24) is 0 Å². The Labute approximate surface area is 139 Å². The van der Waals surface area contributed by atoms with Crippen molar-refractivity contribution >= 4 is 11.9 Å². The maximum Gasteiger partial charge on any atom is 0.327 e. The molecule has 24 heavy (non-hydrogen) atoms. The highest BCUT2D eigenvalue weighted by atomic mass is 16.7. The highest BCUT2D eigenvalue weighted by Gasteiger charge is 2.54. The van der Waals surface area contributed by atoms with E-state index in [2.05, 4.69) is 6.58 Å². The van der Waals surface area contributed by atoms with Gasteiger partial charge in [0.15, 0.2) is 16.9 Å². The van der Waals surface area contributed by atoms with Gasteiger partial charge in [-0.05, 0) is 23.3 Å². The van der Waals surface area contributed by atoms with E-state index in [4.69, 9.17) is 23.7 Å². The van der Waals surface area contributed by atoms with Gasteiger partial charge in [0, 0.05) is 6.42 Å². The molecule has 0 amide bonds. The summed E-state index contributed by atoms with van der Waals surface area (Å²) in [5.41, 5.74) is -0.495. The maximum absolute atomic E-state index is 12.4. The lowest BCUT2D eigenvalue weighted by atomic mass is 9.73. The van der Waals surface area contributed by atoms with E-state index in [0.29, 0.717) is 17.1 Å². The predicted octanol–water partition coefficient (Wildman–Crippen LogP) is 1.77. The molecule has 1 unspecified atom stereocenters. The van der Waals surface area contributed by atoms with Crippen LogP contribution in [0.5, 0.6) is 11.5 Å². The second kappa shape index (κ2) is 6.16. The van der Waals surface area contributed by atoms with E-state index in [1.807, 2.05) is 6.07 Å². The van der Waals surface area contributed by atoms with Crippen LogP contribution in [0.25, 0.3) is 0 Å². The summed E-state index contributed by atoms with van der Waals surface area (Å²) in [5, 5.41) is 0. The molecule has 7 heteroatoms. The van der Waals surface area contributed by atoms with Crippen LogP contribution in [-0.4, -0.2) is 39.6 Å². The zero-order valence-corrected chi connectivity index (χ0v) is 13.5. The largest absolute Gasteiger partial charge is 0.468 e. The summed E-state index contributed by atoms with van der Waals surface area (Å²) < 4.78 is 26.1. The molecule has 2 heterocycles. The third kappa shape index (κ3) is 2.41. The van der Waals surface area contributed by atoms with Gasteiger partial charge in [-0.25, -0.2) is 0 Å². The molecular weight excluding hydrogens is 316 g/mol. The Hall–Kier alpha value is -2.54. The van der Waals surface area contributed by atoms with Gasteiger partial charge in [0.25, 0.3) is 0 Å². The second-order valence-electron chi connectivity index (χ2n) is 5.61. The minimum absolute atomic E-state index is 0.0449. The first-order chi connectivity index (χ1) is 11.5. The van der Waals surface area contributed by atoms with Crippen molar-refractivity contribution in [2.45, 2.75) is 12.5 Å². The first-order valence-electron chi connectivity index (χ1n) is 7.39. The number of rotatable bonds is 3. The number of carbonyl (C=O) groups is 2. The molecule has 128 valence electrons. The van der Waals surface area contributed by atoms with Crippen molar-refractivity contribution in [2.75, 3.05) is 27.6 Å².